The molecule has 0 radical (unpaired) electrons. The topological polar surface area (TPSA) is 40.5 Å². The third-order valence-electron chi connectivity index (χ3n) is 3.76. The molecule has 0 aromatic heterocycles. The highest BCUT2D eigenvalue weighted by molar-refractivity contribution is 5.52. The number of aryl methyl sites for hydroxylation is 1. The average molecular weight is 296 g/mol. The Morgan fingerprint density at radius 2 is 1.64 bits per heavy atom. The minimum Gasteiger partial charge on any atom is -0.508 e. The lowest BCUT2D eigenvalue weighted by molar-refractivity contribution is 0.439. The van der Waals surface area contributed by atoms with Gasteiger partial charge in [0.1, 0.15) is 11.5 Å². The van der Waals surface area contributed by atoms with Crippen molar-refractivity contribution in [2.24, 2.45) is 0 Å². The van der Waals surface area contributed by atoms with Crippen molar-refractivity contribution in [3.63, 3.8) is 0 Å². The Morgan fingerprint density at radius 1 is 0.955 bits per heavy atom. The van der Waals surface area contributed by atoms with Crippen LogP contribution in [0, 0.1) is 0 Å². The third-order valence-corrected chi connectivity index (χ3v) is 3.76. The molecule has 0 atom stereocenters. The number of hydrogen-bond acceptors (Lipinski definition) is 2. The normalized spacial score (nSPS) is 11.1. The van der Waals surface area contributed by atoms with Crippen molar-refractivity contribution in [1.29, 1.82) is 0 Å². The molecule has 0 aliphatic rings. The molecular weight excluding hydrogens is 272 g/mol. The molecule has 0 bridgehead atoms. The van der Waals surface area contributed by atoms with E-state index in [2.05, 4.69) is 6.92 Å². The van der Waals surface area contributed by atoms with E-state index < -0.39 is 0 Å². The molecule has 2 rings (SSSR count). The molecule has 0 saturated heterocycles. The number of rotatable bonds is 7. The van der Waals surface area contributed by atoms with Crippen LogP contribution in [0.5, 0.6) is 11.5 Å². The third kappa shape index (κ3) is 4.66. The maximum atomic E-state index is 10.1. The fourth-order valence-corrected chi connectivity index (χ4v) is 2.51. The second-order valence-corrected chi connectivity index (χ2v) is 5.59. The van der Waals surface area contributed by atoms with Gasteiger partial charge >= 0.3 is 0 Å². The van der Waals surface area contributed by atoms with Crippen LogP contribution in [0.4, 0.5) is 0 Å². The second kappa shape index (κ2) is 8.28. The van der Waals surface area contributed by atoms with E-state index in [0.717, 1.165) is 24.0 Å². The van der Waals surface area contributed by atoms with Gasteiger partial charge in [-0.25, -0.2) is 0 Å². The van der Waals surface area contributed by atoms with Gasteiger partial charge in [0.25, 0.3) is 0 Å². The number of aromatic hydroxyl groups is 2. The molecule has 2 heteroatoms. The summed E-state index contributed by atoms with van der Waals surface area (Å²) in [4.78, 5) is 0. The van der Waals surface area contributed by atoms with E-state index in [-0.39, 0.29) is 11.5 Å². The Balaban J connectivity index is 2.03. The van der Waals surface area contributed by atoms with Crippen LogP contribution in [0.3, 0.4) is 0 Å². The minimum absolute atomic E-state index is 0.184. The number of phenolic OH excluding ortho intramolecular Hbond substituents is 2. The van der Waals surface area contributed by atoms with Crippen LogP contribution in [-0.2, 0) is 12.8 Å². The van der Waals surface area contributed by atoms with Crippen LogP contribution >= 0.6 is 0 Å². The summed E-state index contributed by atoms with van der Waals surface area (Å²) in [5.74, 6) is 0.369. The Morgan fingerprint density at radius 3 is 2.27 bits per heavy atom. The zero-order valence-electron chi connectivity index (χ0n) is 13.1. The molecule has 0 fully saturated rings. The minimum atomic E-state index is 0.184. The first-order chi connectivity index (χ1) is 10.7. The average Bonchev–Trinajstić information content (AvgIpc) is 2.51. The van der Waals surface area contributed by atoms with Gasteiger partial charge in [0, 0.05) is 5.56 Å². The fourth-order valence-electron chi connectivity index (χ4n) is 2.51. The monoisotopic (exact) mass is 296 g/mol. The lowest BCUT2D eigenvalue weighted by atomic mass is 10.0. The van der Waals surface area contributed by atoms with Crippen LogP contribution in [0.1, 0.15) is 42.9 Å². The van der Waals surface area contributed by atoms with Gasteiger partial charge in [0.15, 0.2) is 0 Å². The van der Waals surface area contributed by atoms with E-state index in [1.54, 1.807) is 12.1 Å². The molecular formula is C20H24O2. The molecule has 2 nitrogen and oxygen atoms in total. The summed E-state index contributed by atoms with van der Waals surface area (Å²) in [6, 6.07) is 13.5. The van der Waals surface area contributed by atoms with Gasteiger partial charge in [-0.2, -0.15) is 0 Å². The molecule has 0 saturated carbocycles. The molecule has 2 aromatic carbocycles. The Kier molecular flexibility index (Phi) is 6.08. The van der Waals surface area contributed by atoms with Crippen LogP contribution < -0.4 is 0 Å². The first kappa shape index (κ1) is 16.2. The van der Waals surface area contributed by atoms with Gasteiger partial charge in [-0.15, -0.1) is 0 Å². The summed E-state index contributed by atoms with van der Waals surface area (Å²) in [5, 5.41) is 20.3. The molecule has 116 valence electrons. The number of phenols is 2. The fraction of sp³-hybridized carbons (Fsp3) is 0.300. The molecule has 0 spiro atoms. The Bertz CT molecular complexity index is 592. The van der Waals surface area contributed by atoms with Gasteiger partial charge in [0.05, 0.1) is 0 Å². The Hall–Kier alpha value is -2.22. The summed E-state index contributed by atoms with van der Waals surface area (Å²) >= 11 is 0. The van der Waals surface area contributed by atoms with Gasteiger partial charge < -0.3 is 10.2 Å². The predicted octanol–water partition coefficient (Wildman–Crippen LogP) is 5.09. The van der Waals surface area contributed by atoms with Crippen molar-refractivity contribution < 1.29 is 10.2 Å². The van der Waals surface area contributed by atoms with Gasteiger partial charge in [0.2, 0.25) is 0 Å². The van der Waals surface area contributed by atoms with Crippen molar-refractivity contribution in [3.05, 3.63) is 65.2 Å². The Labute approximate surface area is 132 Å². The van der Waals surface area contributed by atoms with E-state index in [1.807, 2.05) is 42.5 Å². The predicted molar refractivity (Wildman–Crippen MR) is 92.2 cm³/mol. The highest BCUT2D eigenvalue weighted by Gasteiger charge is 2.08. The number of allylic oxidation sites excluding steroid dienone is 1. The zero-order valence-corrected chi connectivity index (χ0v) is 13.1. The highest BCUT2D eigenvalue weighted by atomic mass is 16.3. The lowest BCUT2D eigenvalue weighted by Crippen LogP contribution is -1.90. The summed E-state index contributed by atoms with van der Waals surface area (Å²) in [6.45, 7) is 2.16. The van der Waals surface area contributed by atoms with Crippen molar-refractivity contribution in [2.45, 2.75) is 39.0 Å². The van der Waals surface area contributed by atoms with E-state index in [9.17, 15) is 10.2 Å². The quantitative estimate of drug-likeness (QED) is 0.699. The molecule has 2 N–H and O–H groups in total. The van der Waals surface area contributed by atoms with Gasteiger partial charge in [-0.3, -0.25) is 0 Å². The largest absolute Gasteiger partial charge is 0.508 e. The molecule has 2 aromatic rings. The summed E-state index contributed by atoms with van der Waals surface area (Å²) in [7, 11) is 0. The highest BCUT2D eigenvalue weighted by Crippen LogP contribution is 2.30. The van der Waals surface area contributed by atoms with E-state index in [1.165, 1.54) is 12.8 Å². The first-order valence-corrected chi connectivity index (χ1v) is 7.96. The molecule has 22 heavy (non-hydrogen) atoms. The van der Waals surface area contributed by atoms with Crippen LogP contribution in [0.15, 0.2) is 48.5 Å². The van der Waals surface area contributed by atoms with Crippen molar-refractivity contribution in [1.82, 2.24) is 0 Å². The number of benzene rings is 2. The van der Waals surface area contributed by atoms with Crippen LogP contribution in [0.2, 0.25) is 0 Å². The zero-order chi connectivity index (χ0) is 15.8. The van der Waals surface area contributed by atoms with Crippen molar-refractivity contribution in [3.8, 4) is 11.5 Å². The molecule has 0 heterocycles. The van der Waals surface area contributed by atoms with Crippen LogP contribution in [-0.4, -0.2) is 10.2 Å². The van der Waals surface area contributed by atoms with Gasteiger partial charge in [-0.1, -0.05) is 62.2 Å². The van der Waals surface area contributed by atoms with Gasteiger partial charge in [-0.05, 0) is 42.5 Å². The number of hydrogen-bond donors (Lipinski definition) is 2. The SMILES string of the molecule is CCCCCc1cc(O)c(C/C=C/c2ccccc2)c(O)c1. The van der Waals surface area contributed by atoms with Crippen LogP contribution in [0.25, 0.3) is 6.08 Å². The van der Waals surface area contributed by atoms with Crippen molar-refractivity contribution in [2.75, 3.05) is 0 Å². The number of unbranched alkanes of at least 4 members (excludes halogenated alkanes) is 2. The van der Waals surface area contributed by atoms with E-state index in [4.69, 9.17) is 0 Å². The molecule has 0 unspecified atom stereocenters. The lowest BCUT2D eigenvalue weighted by Gasteiger charge is -2.09. The maximum Gasteiger partial charge on any atom is 0.123 e. The first-order valence-electron chi connectivity index (χ1n) is 7.96. The smallest absolute Gasteiger partial charge is 0.123 e. The van der Waals surface area contributed by atoms with Crippen molar-refractivity contribution >= 4 is 6.08 Å². The summed E-state index contributed by atoms with van der Waals surface area (Å²) < 4.78 is 0. The standard InChI is InChI=1S/C20H24O2/c1-2-3-5-11-17-14-19(21)18(20(22)15-17)13-8-12-16-9-6-4-7-10-16/h4,6-10,12,14-15,21-22H,2-3,5,11,13H2,1H3/b12-8+. The summed E-state index contributed by atoms with van der Waals surface area (Å²) in [5.41, 5.74) is 2.70. The maximum absolute atomic E-state index is 10.1. The summed E-state index contributed by atoms with van der Waals surface area (Å²) in [6.07, 6.45) is 8.79. The van der Waals surface area contributed by atoms with E-state index >= 15 is 0 Å². The van der Waals surface area contributed by atoms with E-state index in [0.29, 0.717) is 12.0 Å². The second-order valence-electron chi connectivity index (χ2n) is 5.59. The molecule has 0 aliphatic carbocycles. The molecule has 0 aliphatic heterocycles. The molecule has 0 amide bonds.